The molecule has 0 aromatic heterocycles. The van der Waals surface area contributed by atoms with Crippen LogP contribution in [0.25, 0.3) is 0 Å². The molecule has 0 bridgehead atoms. The molecule has 0 fully saturated rings. The first kappa shape index (κ1) is 31.9. The maximum Gasteiger partial charge on any atom is -0.870 e. The van der Waals surface area contributed by atoms with E-state index in [1.54, 1.807) is 35.5 Å². The summed E-state index contributed by atoms with van der Waals surface area (Å²) in [5, 5.41) is 2.44. The number of nitroso groups, excluding NO2 is 1. The number of hydrogen-bond acceptors (Lipinski definition) is 7. The van der Waals surface area contributed by atoms with Gasteiger partial charge in [0, 0.05) is 16.2 Å². The number of halogens is 4. The molecule has 8 nitrogen and oxygen atoms in total. The number of nitrogens with one attached hydrogen (secondary N) is 1. The summed E-state index contributed by atoms with van der Waals surface area (Å²) in [6.07, 6.45) is 0.367. The number of anilines is 1. The Bertz CT molecular complexity index is 858. The monoisotopic (exact) mass is 620 g/mol. The molecular weight excluding hydrogens is 601 g/mol. The van der Waals surface area contributed by atoms with E-state index in [2.05, 4.69) is 9.47 Å². The van der Waals surface area contributed by atoms with Crippen molar-refractivity contribution in [1.82, 2.24) is 0 Å². The second kappa shape index (κ2) is 18.3. The average Bonchev–Trinajstić information content (AvgIpc) is 2.72. The molecule has 0 unspecified atom stereocenters. The van der Waals surface area contributed by atoms with Crippen LogP contribution >= 0.6 is 41.0 Å². The average molecular weight is 621 g/mol. The summed E-state index contributed by atoms with van der Waals surface area (Å²) in [6, 6.07) is 9.79. The molecule has 13 heteroatoms. The van der Waals surface area contributed by atoms with Crippen molar-refractivity contribution in [1.29, 1.82) is 0 Å². The molecule has 0 saturated carbocycles. The van der Waals surface area contributed by atoms with Crippen molar-refractivity contribution in [2.75, 3.05) is 20.0 Å². The molecule has 0 aliphatic carbocycles. The van der Waals surface area contributed by atoms with Crippen LogP contribution in [-0.2, 0) is 31.9 Å². The van der Waals surface area contributed by atoms with Gasteiger partial charge in [-0.3, -0.25) is 9.59 Å². The number of nitrogens with two attached hydrogens (primary N) is 1. The van der Waals surface area contributed by atoms with Gasteiger partial charge in [-0.1, -0.05) is 35.3 Å². The number of rotatable bonds is 5. The number of ether oxygens (including phenoxy) is 2. The second-order valence-corrected chi connectivity index (χ2v) is 10.4. The number of hydrogen-bond donors (Lipinski definition) is 2. The van der Waals surface area contributed by atoms with Gasteiger partial charge in [-0.25, -0.2) is 0 Å². The molecule has 2 rings (SSSR count). The fourth-order valence-corrected chi connectivity index (χ4v) is 2.35. The second-order valence-electron chi connectivity index (χ2n) is 5.35. The summed E-state index contributed by atoms with van der Waals surface area (Å²) in [7, 11) is 12.5. The van der Waals surface area contributed by atoms with Crippen LogP contribution in [0.15, 0.2) is 36.4 Å². The van der Waals surface area contributed by atoms with E-state index in [-0.39, 0.29) is 30.3 Å². The Hall–Kier alpha value is -1.30. The molecule has 4 N–H and O–H groups in total. The van der Waals surface area contributed by atoms with Crippen LogP contribution in [0, 0.1) is 4.91 Å². The molecule has 0 aliphatic rings. The third kappa shape index (κ3) is 13.7. The summed E-state index contributed by atoms with van der Waals surface area (Å²) >= 11 is 10.7. The van der Waals surface area contributed by atoms with E-state index < -0.39 is 18.9 Å². The van der Waals surface area contributed by atoms with E-state index in [0.717, 1.165) is 5.56 Å². The Labute approximate surface area is 207 Å². The van der Waals surface area contributed by atoms with E-state index >= 15 is 0 Å². The SMILES string of the molecule is COC(=O)Cc1ccc(N)c(Cl)c1.COC(=O)Cc1ccc([NH+]=O)c(Cl)c1.[Cl][Sn][Cl].[OH-]. The molecule has 0 atom stereocenters. The predicted octanol–water partition coefficient (Wildman–Crippen LogP) is 2.99. The summed E-state index contributed by atoms with van der Waals surface area (Å²) < 4.78 is 9.00. The van der Waals surface area contributed by atoms with E-state index in [1.807, 2.05) is 0 Å². The quantitative estimate of drug-likeness (QED) is 0.298. The summed E-state index contributed by atoms with van der Waals surface area (Å²) in [4.78, 5) is 32.1. The van der Waals surface area contributed by atoms with Crippen molar-refractivity contribution in [3.05, 3.63) is 62.5 Å². The first-order valence-corrected chi connectivity index (χ1v) is 16.0. The van der Waals surface area contributed by atoms with E-state index in [4.69, 9.17) is 46.8 Å². The maximum atomic E-state index is 10.9. The van der Waals surface area contributed by atoms with Crippen molar-refractivity contribution in [2.45, 2.75) is 12.8 Å². The molecule has 0 aliphatic heterocycles. The fourth-order valence-electron chi connectivity index (χ4n) is 1.91. The number of esters is 2. The maximum absolute atomic E-state index is 10.9. The number of methoxy groups -OCH3 is 2. The van der Waals surface area contributed by atoms with Gasteiger partial charge in [0.25, 0.3) is 5.69 Å². The normalized spacial score (nSPS) is 8.97. The standard InChI is InChI=1S/C9H8ClNO3.C9H10ClNO2.2ClH.H2O.Sn/c1-14-9(12)5-6-2-3-8(11-13)7(10)4-6;1-13-9(12)5-6-2-3-8(11)7(10)4-6;;;;/h2-4H,5H2,1H3;2-4H,5,11H2,1H3;2*1H;1H2;/q;;;;;+2/p-2. The zero-order valence-electron chi connectivity index (χ0n) is 16.5. The van der Waals surface area contributed by atoms with Crippen LogP contribution < -0.4 is 10.9 Å². The van der Waals surface area contributed by atoms with Gasteiger partial charge in [-0.15, -0.1) is 0 Å². The van der Waals surface area contributed by atoms with Crippen molar-refractivity contribution < 1.29 is 29.7 Å². The van der Waals surface area contributed by atoms with E-state index in [1.165, 1.54) is 20.3 Å². The zero-order valence-corrected chi connectivity index (χ0v) is 22.3. The van der Waals surface area contributed by atoms with Crippen LogP contribution in [0.4, 0.5) is 11.4 Å². The summed E-state index contributed by atoms with van der Waals surface area (Å²) in [5.74, 6) is -0.635. The number of carbonyl (C=O) groups excluding carboxylic acids is 2. The Morgan fingerprint density at radius 1 is 0.935 bits per heavy atom. The van der Waals surface area contributed by atoms with Crippen LogP contribution in [0.2, 0.25) is 10.0 Å². The third-order valence-electron chi connectivity index (χ3n) is 3.36. The Balaban J connectivity index is 0. The van der Waals surface area contributed by atoms with Gasteiger partial charge in [-0.2, -0.15) is 0 Å². The Kier molecular flexibility index (Phi) is 18.8. The Morgan fingerprint density at radius 2 is 1.35 bits per heavy atom. The molecule has 170 valence electrons. The molecular formula is C18H20Cl4N2O6Sn. The summed E-state index contributed by atoms with van der Waals surface area (Å²) in [5.41, 5.74) is 7.81. The summed E-state index contributed by atoms with van der Waals surface area (Å²) in [6.45, 7) is 0. The number of carbonyl (C=O) groups is 2. The topological polar surface area (TPSA) is 140 Å². The van der Waals surface area contributed by atoms with Crippen molar-refractivity contribution in [3.63, 3.8) is 0 Å². The molecule has 2 aromatic rings. The van der Waals surface area contributed by atoms with Gasteiger partial charge in [0.15, 0.2) is 0 Å². The van der Waals surface area contributed by atoms with Crippen LogP contribution in [0.3, 0.4) is 0 Å². The number of benzene rings is 2. The van der Waals surface area contributed by atoms with Gasteiger partial charge in [0.2, 0.25) is 0 Å². The minimum absolute atomic E-state index is 0. The van der Waals surface area contributed by atoms with Gasteiger partial charge in [-0.05, 0) is 29.3 Å². The number of nitrogen functional groups attached to an aromatic ring is 1. The molecule has 2 aromatic carbocycles. The predicted molar refractivity (Wildman–Crippen MR) is 122 cm³/mol. The van der Waals surface area contributed by atoms with Crippen LogP contribution in [0.5, 0.6) is 0 Å². The van der Waals surface area contributed by atoms with Crippen LogP contribution in [0.1, 0.15) is 11.1 Å². The van der Waals surface area contributed by atoms with Crippen molar-refractivity contribution in [3.8, 4) is 0 Å². The molecule has 0 amide bonds. The zero-order chi connectivity index (χ0) is 23.1. The van der Waals surface area contributed by atoms with E-state index in [9.17, 15) is 14.5 Å². The third-order valence-corrected chi connectivity index (χ3v) is 4.00. The molecule has 0 spiro atoms. The minimum Gasteiger partial charge on any atom is -0.870 e. The largest absolute Gasteiger partial charge is 0.870 e. The molecule has 31 heavy (non-hydrogen) atoms. The van der Waals surface area contributed by atoms with Gasteiger partial charge < -0.3 is 20.7 Å². The fraction of sp³-hybridized carbons (Fsp3) is 0.222. The Morgan fingerprint density at radius 3 is 1.71 bits per heavy atom. The van der Waals surface area contributed by atoms with Crippen molar-refractivity contribution >= 4 is 83.2 Å². The van der Waals surface area contributed by atoms with Gasteiger partial charge in [0.1, 0.15) is 5.02 Å². The van der Waals surface area contributed by atoms with Gasteiger partial charge in [0.05, 0.1) is 37.8 Å². The first-order valence-electron chi connectivity index (χ1n) is 8.02. The van der Waals surface area contributed by atoms with Crippen molar-refractivity contribution in [2.24, 2.45) is 0 Å². The van der Waals surface area contributed by atoms with Crippen LogP contribution in [-0.4, -0.2) is 50.5 Å². The van der Waals surface area contributed by atoms with E-state index in [0.29, 0.717) is 27.0 Å². The minimum atomic E-state index is -0.826. The molecule has 2 radical (unpaired) electrons. The molecule has 0 heterocycles. The molecule has 0 saturated heterocycles. The first-order chi connectivity index (χ1) is 14.2. The smallest absolute Gasteiger partial charge is 0.870 e. The van der Waals surface area contributed by atoms with Gasteiger partial charge >= 0.3 is 48.7 Å².